The van der Waals surface area contributed by atoms with Gasteiger partial charge >= 0.3 is 0 Å². The molecule has 0 aliphatic rings. The maximum atomic E-state index is 4.35. The van der Waals surface area contributed by atoms with E-state index in [-0.39, 0.29) is 0 Å². The van der Waals surface area contributed by atoms with Gasteiger partial charge in [0.05, 0.1) is 5.69 Å². The van der Waals surface area contributed by atoms with Crippen LogP contribution in [0, 0.1) is 5.92 Å². The average Bonchev–Trinajstić information content (AvgIpc) is 2.77. The average molecular weight is 249 g/mol. The van der Waals surface area contributed by atoms with Gasteiger partial charge in [0.2, 0.25) is 0 Å². The molecule has 3 heteroatoms. The summed E-state index contributed by atoms with van der Waals surface area (Å²) in [6.45, 7) is 12.0. The van der Waals surface area contributed by atoms with Crippen molar-refractivity contribution in [1.82, 2.24) is 15.1 Å². The summed E-state index contributed by atoms with van der Waals surface area (Å²) in [6.07, 6.45) is 6.39. The first-order chi connectivity index (χ1) is 8.65. The second kappa shape index (κ2) is 8.09. The van der Waals surface area contributed by atoms with E-state index in [0.29, 0.717) is 0 Å². The van der Waals surface area contributed by atoms with Gasteiger partial charge in [-0.2, -0.15) is 5.10 Å². The molecule has 0 aliphatic carbocycles. The van der Waals surface area contributed by atoms with Crippen molar-refractivity contribution >= 4 is 5.57 Å². The number of rotatable bonds is 8. The zero-order chi connectivity index (χ0) is 13.4. The fraction of sp³-hybridized carbons (Fsp3) is 0.667. The Bertz CT molecular complexity index is 364. The van der Waals surface area contributed by atoms with Gasteiger partial charge in [-0.05, 0) is 50.4 Å². The molecule has 1 aromatic heterocycles. The highest BCUT2D eigenvalue weighted by Crippen LogP contribution is 2.14. The predicted octanol–water partition coefficient (Wildman–Crippen LogP) is 3.33. The first-order valence-electron chi connectivity index (χ1n) is 7.04. The fourth-order valence-corrected chi connectivity index (χ4v) is 1.94. The van der Waals surface area contributed by atoms with Gasteiger partial charge in [0.25, 0.3) is 0 Å². The number of hydrogen-bond donors (Lipinski definition) is 1. The van der Waals surface area contributed by atoms with Crippen LogP contribution in [0.25, 0.3) is 5.57 Å². The number of nitrogens with one attached hydrogen (secondary N) is 1. The van der Waals surface area contributed by atoms with Crippen LogP contribution >= 0.6 is 0 Å². The van der Waals surface area contributed by atoms with Gasteiger partial charge in [-0.1, -0.05) is 26.8 Å². The Morgan fingerprint density at radius 3 is 2.94 bits per heavy atom. The lowest BCUT2D eigenvalue weighted by Gasteiger charge is -2.08. The van der Waals surface area contributed by atoms with E-state index in [1.165, 1.54) is 11.3 Å². The van der Waals surface area contributed by atoms with Gasteiger partial charge in [-0.15, -0.1) is 0 Å². The highest BCUT2D eigenvalue weighted by atomic mass is 15.3. The molecule has 0 radical (unpaired) electrons. The van der Waals surface area contributed by atoms with E-state index in [0.717, 1.165) is 38.4 Å². The van der Waals surface area contributed by atoms with E-state index in [4.69, 9.17) is 0 Å². The minimum atomic E-state index is 0.723. The Balaban J connectivity index is 2.42. The van der Waals surface area contributed by atoms with Gasteiger partial charge < -0.3 is 5.32 Å². The van der Waals surface area contributed by atoms with Crippen LogP contribution in [0.4, 0.5) is 0 Å². The number of hydrogen-bond acceptors (Lipinski definition) is 2. The molecule has 0 spiro atoms. The van der Waals surface area contributed by atoms with Crippen LogP contribution in [0.15, 0.2) is 18.3 Å². The molecule has 18 heavy (non-hydrogen) atoms. The van der Waals surface area contributed by atoms with Crippen LogP contribution in [-0.2, 0) is 6.54 Å². The van der Waals surface area contributed by atoms with Gasteiger partial charge in [-0.3, -0.25) is 4.68 Å². The van der Waals surface area contributed by atoms with Crippen molar-refractivity contribution in [1.29, 1.82) is 0 Å². The van der Waals surface area contributed by atoms with Crippen molar-refractivity contribution in [3.05, 3.63) is 24.0 Å². The van der Waals surface area contributed by atoms with Gasteiger partial charge in [0.15, 0.2) is 0 Å². The van der Waals surface area contributed by atoms with Crippen LogP contribution in [0.1, 0.15) is 46.2 Å². The summed E-state index contributed by atoms with van der Waals surface area (Å²) in [5.74, 6) is 0.723. The molecule has 0 unspecified atom stereocenters. The molecule has 3 nitrogen and oxygen atoms in total. The Morgan fingerprint density at radius 1 is 1.50 bits per heavy atom. The van der Waals surface area contributed by atoms with E-state index in [1.54, 1.807) is 0 Å². The highest BCUT2D eigenvalue weighted by molar-refractivity contribution is 5.60. The number of allylic oxidation sites excluding steroid dienone is 1. The third-order valence-corrected chi connectivity index (χ3v) is 2.88. The second-order valence-electron chi connectivity index (χ2n) is 5.21. The molecule has 102 valence electrons. The Kier molecular flexibility index (Phi) is 6.73. The minimum absolute atomic E-state index is 0.723. The summed E-state index contributed by atoms with van der Waals surface area (Å²) >= 11 is 0. The summed E-state index contributed by atoms with van der Waals surface area (Å²) in [7, 11) is 0. The molecule has 1 aromatic rings. The fourth-order valence-electron chi connectivity index (χ4n) is 1.94. The molecule has 1 N–H and O–H groups in total. The van der Waals surface area contributed by atoms with Crippen LogP contribution in [0.5, 0.6) is 0 Å². The summed E-state index contributed by atoms with van der Waals surface area (Å²) in [5.41, 5.74) is 2.58. The lowest BCUT2D eigenvalue weighted by atomic mass is 10.1. The maximum absolute atomic E-state index is 4.35. The summed E-state index contributed by atoms with van der Waals surface area (Å²) in [6, 6.07) is 2.10. The highest BCUT2D eigenvalue weighted by Gasteiger charge is 2.02. The smallest absolute Gasteiger partial charge is 0.0635 e. The molecule has 1 heterocycles. The predicted molar refractivity (Wildman–Crippen MR) is 78.5 cm³/mol. The van der Waals surface area contributed by atoms with Crippen molar-refractivity contribution in [2.24, 2.45) is 5.92 Å². The van der Waals surface area contributed by atoms with E-state index >= 15 is 0 Å². The molecule has 1 rings (SSSR count). The van der Waals surface area contributed by atoms with Crippen molar-refractivity contribution in [2.45, 2.75) is 47.1 Å². The largest absolute Gasteiger partial charge is 0.316 e. The Morgan fingerprint density at radius 2 is 2.28 bits per heavy atom. The van der Waals surface area contributed by atoms with Gasteiger partial charge in [0, 0.05) is 12.7 Å². The maximum Gasteiger partial charge on any atom is 0.0635 e. The van der Waals surface area contributed by atoms with Crippen molar-refractivity contribution < 1.29 is 0 Å². The number of nitrogens with zero attached hydrogens (tertiary/aromatic N) is 2. The monoisotopic (exact) mass is 249 g/mol. The first kappa shape index (κ1) is 15.0. The topological polar surface area (TPSA) is 29.9 Å². The Hall–Kier alpha value is -1.09. The van der Waals surface area contributed by atoms with Crippen molar-refractivity contribution in [2.75, 3.05) is 13.1 Å². The van der Waals surface area contributed by atoms with E-state index in [9.17, 15) is 0 Å². The third kappa shape index (κ3) is 5.05. The zero-order valence-electron chi connectivity index (χ0n) is 12.2. The van der Waals surface area contributed by atoms with Crippen LogP contribution in [0.2, 0.25) is 0 Å². The zero-order valence-corrected chi connectivity index (χ0v) is 12.2. The lowest BCUT2D eigenvalue weighted by Crippen LogP contribution is -2.20. The summed E-state index contributed by atoms with van der Waals surface area (Å²) < 4.78 is 2.09. The van der Waals surface area contributed by atoms with Gasteiger partial charge in [-0.25, -0.2) is 0 Å². The molecule has 0 aromatic carbocycles. The normalized spacial score (nSPS) is 12.4. The quantitative estimate of drug-likeness (QED) is 0.716. The molecule has 0 aliphatic heterocycles. The molecule has 0 atom stereocenters. The first-order valence-corrected chi connectivity index (χ1v) is 7.04. The Labute approximate surface area is 111 Å². The molecule has 0 saturated heterocycles. The summed E-state index contributed by atoms with van der Waals surface area (Å²) in [5, 5.41) is 7.81. The second-order valence-corrected chi connectivity index (χ2v) is 5.21. The minimum Gasteiger partial charge on any atom is -0.316 e. The molecule has 0 amide bonds. The SMILES string of the molecule is CCCn1nccc1C(C)=CCCNCC(C)C. The van der Waals surface area contributed by atoms with E-state index in [1.807, 2.05) is 6.20 Å². The number of aryl methyl sites for hydroxylation is 1. The molecular weight excluding hydrogens is 222 g/mol. The molecule has 0 fully saturated rings. The molecular formula is C15H27N3. The number of aromatic nitrogens is 2. The van der Waals surface area contributed by atoms with Crippen LogP contribution in [-0.4, -0.2) is 22.9 Å². The van der Waals surface area contributed by atoms with Crippen molar-refractivity contribution in [3.8, 4) is 0 Å². The molecule has 0 bridgehead atoms. The van der Waals surface area contributed by atoms with Crippen molar-refractivity contribution in [3.63, 3.8) is 0 Å². The lowest BCUT2D eigenvalue weighted by molar-refractivity contribution is 0.556. The third-order valence-electron chi connectivity index (χ3n) is 2.88. The molecule has 0 saturated carbocycles. The summed E-state index contributed by atoms with van der Waals surface area (Å²) in [4.78, 5) is 0. The standard InChI is InChI=1S/C15H27N3/c1-5-11-18-15(8-10-17-18)14(4)7-6-9-16-12-13(2)3/h7-8,10,13,16H,5-6,9,11-12H2,1-4H3. The van der Waals surface area contributed by atoms with E-state index < -0.39 is 0 Å². The van der Waals surface area contributed by atoms with Gasteiger partial charge in [0.1, 0.15) is 0 Å². The van der Waals surface area contributed by atoms with Crippen LogP contribution in [0.3, 0.4) is 0 Å². The van der Waals surface area contributed by atoms with Crippen LogP contribution < -0.4 is 5.32 Å². The van der Waals surface area contributed by atoms with E-state index in [2.05, 4.69) is 54.9 Å².